The van der Waals surface area contributed by atoms with Crippen LogP contribution in [0.4, 0.5) is 0 Å². The fourth-order valence-corrected chi connectivity index (χ4v) is 1.65. The molecule has 0 spiro atoms. The molecule has 2 aliphatic carbocycles. The van der Waals surface area contributed by atoms with Gasteiger partial charge in [-0.3, -0.25) is 0 Å². The van der Waals surface area contributed by atoms with Crippen molar-refractivity contribution in [2.24, 2.45) is 11.8 Å². The Morgan fingerprint density at radius 1 is 1.25 bits per heavy atom. The van der Waals surface area contributed by atoms with E-state index < -0.39 is 0 Å². The maximum absolute atomic E-state index is 5.27. The van der Waals surface area contributed by atoms with Crippen molar-refractivity contribution in [2.75, 3.05) is 0 Å². The summed E-state index contributed by atoms with van der Waals surface area (Å²) >= 11 is 0. The Hall–Kier alpha value is -0.980. The van der Waals surface area contributed by atoms with E-state index in [1.807, 2.05) is 19.9 Å². The van der Waals surface area contributed by atoms with E-state index in [9.17, 15) is 0 Å². The van der Waals surface area contributed by atoms with Crippen LogP contribution in [-0.2, 0) is 0 Å². The Morgan fingerprint density at radius 3 is 2.83 bits per heavy atom. The van der Waals surface area contributed by atoms with Gasteiger partial charge in [-0.25, -0.2) is 0 Å². The van der Waals surface area contributed by atoms with Crippen LogP contribution < -0.4 is 10.6 Å². The average Bonchev–Trinajstić information content (AvgIpc) is 2.72. The van der Waals surface area contributed by atoms with Gasteiger partial charge in [-0.1, -0.05) is 19.9 Å². The fraction of sp³-hybridized carbons (Fsp3) is 0.455. The first-order chi connectivity index (χ1) is 5.93. The second kappa shape index (κ2) is 2.81. The van der Waals surface area contributed by atoms with Crippen LogP contribution in [0.2, 0.25) is 0 Å². The van der Waals surface area contributed by atoms with Gasteiger partial charge >= 0.3 is 0 Å². The molecule has 0 aromatic carbocycles. The summed E-state index contributed by atoms with van der Waals surface area (Å²) in [6.07, 6.45) is 7.68. The van der Waals surface area contributed by atoms with E-state index in [0.717, 1.165) is 17.3 Å². The Morgan fingerprint density at radius 2 is 2.00 bits per heavy atom. The third kappa shape index (κ3) is 1.09. The summed E-state index contributed by atoms with van der Waals surface area (Å²) in [6, 6.07) is 2.04. The molecule has 1 nitrogen and oxygen atoms in total. The summed E-state index contributed by atoms with van der Waals surface area (Å²) in [6.45, 7) is 4.00. The minimum atomic E-state index is 0.804. The van der Waals surface area contributed by atoms with Crippen LogP contribution in [0.25, 0.3) is 12.2 Å². The van der Waals surface area contributed by atoms with E-state index >= 15 is 0 Å². The van der Waals surface area contributed by atoms with Crippen molar-refractivity contribution < 1.29 is 4.42 Å². The van der Waals surface area contributed by atoms with E-state index in [0.29, 0.717) is 0 Å². The molecule has 3 rings (SSSR count). The number of rotatable bonds is 0. The van der Waals surface area contributed by atoms with Crippen molar-refractivity contribution in [3.8, 4) is 0 Å². The molecule has 0 radical (unpaired) electrons. The summed E-state index contributed by atoms with van der Waals surface area (Å²) < 4.78 is 5.27. The smallest absolute Gasteiger partial charge is 0.129 e. The molecule has 1 heteroatoms. The first kappa shape index (κ1) is 7.66. The second-order valence-corrected chi connectivity index (χ2v) is 3.14. The van der Waals surface area contributed by atoms with E-state index in [4.69, 9.17) is 4.42 Å². The number of fused-ring (bicyclic) bond motifs is 2. The highest BCUT2D eigenvalue weighted by Gasteiger charge is 2.34. The molecule has 1 saturated carbocycles. The number of hydrogen-bond donors (Lipinski definition) is 0. The largest absolute Gasteiger partial charge is 0.465 e. The predicted octanol–water partition coefficient (Wildman–Crippen LogP) is 1.52. The highest BCUT2D eigenvalue weighted by atomic mass is 16.3. The molecule has 0 N–H and O–H groups in total. The monoisotopic (exact) mass is 162 g/mol. The molecule has 64 valence electrons. The predicted molar refractivity (Wildman–Crippen MR) is 49.8 cm³/mol. The van der Waals surface area contributed by atoms with Gasteiger partial charge < -0.3 is 4.42 Å². The molecule has 0 aliphatic heterocycles. The lowest BCUT2D eigenvalue weighted by Gasteiger charge is -1.89. The Labute approximate surface area is 72.4 Å². The molecule has 1 aromatic rings. The second-order valence-electron chi connectivity index (χ2n) is 3.14. The van der Waals surface area contributed by atoms with Crippen molar-refractivity contribution in [3.63, 3.8) is 0 Å². The Kier molecular flexibility index (Phi) is 1.80. The van der Waals surface area contributed by atoms with Gasteiger partial charge in [0.15, 0.2) is 0 Å². The summed E-state index contributed by atoms with van der Waals surface area (Å²) in [4.78, 5) is 0. The molecular weight excluding hydrogens is 148 g/mol. The average molecular weight is 162 g/mol. The van der Waals surface area contributed by atoms with Gasteiger partial charge in [-0.05, 0) is 30.4 Å². The van der Waals surface area contributed by atoms with Crippen molar-refractivity contribution in [3.05, 3.63) is 23.0 Å². The van der Waals surface area contributed by atoms with Gasteiger partial charge in [0.2, 0.25) is 0 Å². The van der Waals surface area contributed by atoms with Crippen molar-refractivity contribution in [1.29, 1.82) is 0 Å². The highest BCUT2D eigenvalue weighted by Crippen LogP contribution is 2.41. The lowest BCUT2D eigenvalue weighted by molar-refractivity contribution is 0.527. The van der Waals surface area contributed by atoms with Gasteiger partial charge in [0.05, 0.1) is 6.26 Å². The maximum atomic E-state index is 5.27. The summed E-state index contributed by atoms with van der Waals surface area (Å²) in [7, 11) is 0. The molecular formula is C11H14O. The zero-order valence-electron chi connectivity index (χ0n) is 7.58. The Bertz CT molecular complexity index is 337. The molecule has 0 amide bonds. The van der Waals surface area contributed by atoms with E-state index in [1.165, 1.54) is 11.6 Å². The zero-order valence-corrected chi connectivity index (χ0v) is 7.58. The summed E-state index contributed by atoms with van der Waals surface area (Å²) in [5.41, 5.74) is 1.08. The van der Waals surface area contributed by atoms with Gasteiger partial charge in [-0.15, -0.1) is 0 Å². The minimum Gasteiger partial charge on any atom is -0.465 e. The number of furan rings is 1. The molecule has 0 bridgehead atoms. The van der Waals surface area contributed by atoms with Crippen LogP contribution in [-0.4, -0.2) is 0 Å². The lowest BCUT2D eigenvalue weighted by Crippen LogP contribution is -2.22. The van der Waals surface area contributed by atoms with E-state index in [1.54, 1.807) is 6.26 Å². The van der Waals surface area contributed by atoms with Gasteiger partial charge in [-0.2, -0.15) is 0 Å². The third-order valence-corrected chi connectivity index (χ3v) is 2.38. The maximum Gasteiger partial charge on any atom is 0.129 e. The van der Waals surface area contributed by atoms with Gasteiger partial charge in [0.1, 0.15) is 5.42 Å². The topological polar surface area (TPSA) is 13.1 Å². The van der Waals surface area contributed by atoms with Crippen LogP contribution in [0.3, 0.4) is 0 Å². The van der Waals surface area contributed by atoms with Crippen LogP contribution in [0.15, 0.2) is 16.7 Å². The lowest BCUT2D eigenvalue weighted by atomic mass is 10.2. The quantitative estimate of drug-likeness (QED) is 0.563. The van der Waals surface area contributed by atoms with Crippen molar-refractivity contribution in [1.82, 2.24) is 0 Å². The van der Waals surface area contributed by atoms with E-state index in [2.05, 4.69) is 12.2 Å². The molecule has 2 aliphatic rings. The fourth-order valence-electron chi connectivity index (χ4n) is 1.65. The SMILES string of the molecule is C1=c2ccoc2=CC2CC12.CC. The van der Waals surface area contributed by atoms with Crippen LogP contribution >= 0.6 is 0 Å². The molecule has 0 saturated heterocycles. The minimum absolute atomic E-state index is 0.804. The summed E-state index contributed by atoms with van der Waals surface area (Å²) in [5.74, 6) is 1.64. The molecule has 1 heterocycles. The summed E-state index contributed by atoms with van der Waals surface area (Å²) in [5, 5.41) is 1.29. The van der Waals surface area contributed by atoms with E-state index in [-0.39, 0.29) is 0 Å². The molecule has 2 atom stereocenters. The standard InChI is InChI=1S/C9H8O.C2H6/c1-2-10-9-5-8-4-7(8)3-6(1)9;1-2/h1-3,5,7-8H,4H2;1-2H3. The van der Waals surface area contributed by atoms with Crippen LogP contribution in [0, 0.1) is 11.8 Å². The van der Waals surface area contributed by atoms with Gasteiger partial charge in [0.25, 0.3) is 0 Å². The van der Waals surface area contributed by atoms with Crippen LogP contribution in [0.1, 0.15) is 20.3 Å². The van der Waals surface area contributed by atoms with Crippen LogP contribution in [0.5, 0.6) is 0 Å². The normalized spacial score (nSPS) is 28.2. The highest BCUT2D eigenvalue weighted by molar-refractivity contribution is 5.47. The number of hydrogen-bond acceptors (Lipinski definition) is 1. The zero-order chi connectivity index (χ0) is 8.55. The Balaban J connectivity index is 0.000000264. The van der Waals surface area contributed by atoms with Crippen molar-refractivity contribution >= 4 is 12.2 Å². The van der Waals surface area contributed by atoms with Crippen molar-refractivity contribution in [2.45, 2.75) is 20.3 Å². The molecule has 2 unspecified atom stereocenters. The third-order valence-electron chi connectivity index (χ3n) is 2.38. The first-order valence-corrected chi connectivity index (χ1v) is 4.71. The first-order valence-electron chi connectivity index (χ1n) is 4.71. The van der Waals surface area contributed by atoms with Gasteiger partial charge in [0, 0.05) is 5.22 Å². The molecule has 1 fully saturated rings. The molecule has 1 aromatic heterocycles. The molecule has 12 heavy (non-hydrogen) atoms.